The minimum absolute atomic E-state index is 0.241. The van der Waals surface area contributed by atoms with E-state index in [1.807, 2.05) is 12.1 Å². The summed E-state index contributed by atoms with van der Waals surface area (Å²) in [5.41, 5.74) is -0.151. The number of benzene rings is 2. The minimum atomic E-state index is -4.58. The molecule has 0 atom stereocenters. The molecule has 0 unspecified atom stereocenters. The van der Waals surface area contributed by atoms with Gasteiger partial charge in [-0.3, -0.25) is 4.79 Å². The molecular formula is C21H18F3N3O2. The lowest BCUT2D eigenvalue weighted by molar-refractivity contribution is -0.137. The molecule has 0 radical (unpaired) electrons. The van der Waals surface area contributed by atoms with Gasteiger partial charge >= 0.3 is 6.18 Å². The maximum atomic E-state index is 13.1. The van der Waals surface area contributed by atoms with Crippen LogP contribution in [-0.2, 0) is 15.7 Å². The molecule has 1 heterocycles. The summed E-state index contributed by atoms with van der Waals surface area (Å²) in [6.45, 7) is 2.83. The Morgan fingerprint density at radius 3 is 2.38 bits per heavy atom. The highest BCUT2D eigenvalue weighted by molar-refractivity contribution is 6.09. The van der Waals surface area contributed by atoms with Crippen LogP contribution >= 0.6 is 0 Å². The summed E-state index contributed by atoms with van der Waals surface area (Å²) in [5, 5.41) is 11.8. The first kappa shape index (κ1) is 20.4. The van der Waals surface area contributed by atoms with Gasteiger partial charge in [-0.25, -0.2) is 0 Å². The quantitative estimate of drug-likeness (QED) is 0.619. The number of ether oxygens (including phenoxy) is 1. The topological polar surface area (TPSA) is 65.4 Å². The summed E-state index contributed by atoms with van der Waals surface area (Å²) in [4.78, 5) is 14.5. The van der Waals surface area contributed by atoms with Crippen LogP contribution in [0.3, 0.4) is 0 Å². The monoisotopic (exact) mass is 401 g/mol. The Balaban J connectivity index is 1.75. The van der Waals surface area contributed by atoms with Crippen molar-refractivity contribution in [2.75, 3.05) is 36.5 Å². The van der Waals surface area contributed by atoms with Crippen molar-refractivity contribution in [3.63, 3.8) is 0 Å². The second-order valence-corrected chi connectivity index (χ2v) is 6.36. The molecule has 1 aliphatic rings. The van der Waals surface area contributed by atoms with Gasteiger partial charge < -0.3 is 15.0 Å². The molecule has 1 saturated heterocycles. The molecule has 1 N–H and O–H groups in total. The SMILES string of the molecule is N#C/C(=C\c1ccccc1C(F)(F)F)C(=O)Nc1ccc(N2CCOCC2)cc1. The molecular weight excluding hydrogens is 383 g/mol. The zero-order chi connectivity index (χ0) is 20.9. The second kappa shape index (κ2) is 8.80. The standard InChI is InChI=1S/C21H18F3N3O2/c22-21(23,24)19-4-2-1-3-15(19)13-16(14-25)20(28)26-17-5-7-18(8-6-17)27-9-11-29-12-10-27/h1-8,13H,9-12H2,(H,26,28)/b16-13+. The predicted octanol–water partition coefficient (Wildman–Crippen LogP) is 4.09. The fourth-order valence-electron chi connectivity index (χ4n) is 2.96. The fraction of sp³-hybridized carbons (Fsp3) is 0.238. The Hall–Kier alpha value is -3.31. The highest BCUT2D eigenvalue weighted by atomic mass is 19.4. The third kappa shape index (κ3) is 5.15. The number of anilines is 2. The van der Waals surface area contributed by atoms with E-state index < -0.39 is 23.2 Å². The molecule has 8 heteroatoms. The first-order valence-electron chi connectivity index (χ1n) is 8.90. The van der Waals surface area contributed by atoms with Crippen molar-refractivity contribution >= 4 is 23.4 Å². The molecule has 3 rings (SSSR count). The Kier molecular flexibility index (Phi) is 6.20. The van der Waals surface area contributed by atoms with E-state index >= 15 is 0 Å². The van der Waals surface area contributed by atoms with Crippen molar-refractivity contribution in [3.8, 4) is 6.07 Å². The third-order valence-electron chi connectivity index (χ3n) is 4.43. The predicted molar refractivity (Wildman–Crippen MR) is 103 cm³/mol. The lowest BCUT2D eigenvalue weighted by Gasteiger charge is -2.28. The number of rotatable bonds is 4. The van der Waals surface area contributed by atoms with Gasteiger partial charge in [0.2, 0.25) is 0 Å². The molecule has 2 aromatic carbocycles. The van der Waals surface area contributed by atoms with Crippen molar-refractivity contribution in [2.24, 2.45) is 0 Å². The number of nitrogens with zero attached hydrogens (tertiary/aromatic N) is 2. The number of alkyl halides is 3. The number of nitriles is 1. The van der Waals surface area contributed by atoms with Crippen molar-refractivity contribution in [2.45, 2.75) is 6.18 Å². The molecule has 0 bridgehead atoms. The van der Waals surface area contributed by atoms with Gasteiger partial charge in [0.05, 0.1) is 18.8 Å². The maximum absolute atomic E-state index is 13.1. The van der Waals surface area contributed by atoms with Gasteiger partial charge in [-0.1, -0.05) is 18.2 Å². The van der Waals surface area contributed by atoms with Gasteiger partial charge in [0.25, 0.3) is 5.91 Å². The van der Waals surface area contributed by atoms with Gasteiger partial charge in [-0.2, -0.15) is 18.4 Å². The third-order valence-corrected chi connectivity index (χ3v) is 4.43. The van der Waals surface area contributed by atoms with E-state index in [-0.39, 0.29) is 5.56 Å². The summed E-state index contributed by atoms with van der Waals surface area (Å²) < 4.78 is 44.7. The second-order valence-electron chi connectivity index (χ2n) is 6.36. The highest BCUT2D eigenvalue weighted by Gasteiger charge is 2.32. The maximum Gasteiger partial charge on any atom is 0.416 e. The number of hydrogen-bond donors (Lipinski definition) is 1. The van der Waals surface area contributed by atoms with Crippen LogP contribution in [0.25, 0.3) is 6.08 Å². The number of carbonyl (C=O) groups excluding carboxylic acids is 1. The van der Waals surface area contributed by atoms with E-state index in [2.05, 4.69) is 10.2 Å². The molecule has 0 aliphatic carbocycles. The number of amides is 1. The molecule has 0 aromatic heterocycles. The molecule has 5 nitrogen and oxygen atoms in total. The number of nitrogens with one attached hydrogen (secondary N) is 1. The normalized spacial score (nSPS) is 15.0. The van der Waals surface area contributed by atoms with Crippen molar-refractivity contribution in [1.29, 1.82) is 5.26 Å². The average Bonchev–Trinajstić information content (AvgIpc) is 2.72. The molecule has 2 aromatic rings. The molecule has 1 fully saturated rings. The molecule has 0 saturated carbocycles. The smallest absolute Gasteiger partial charge is 0.378 e. The lowest BCUT2D eigenvalue weighted by Crippen LogP contribution is -2.36. The van der Waals surface area contributed by atoms with Gasteiger partial charge in [0.1, 0.15) is 11.6 Å². The molecule has 0 spiro atoms. The van der Waals surface area contributed by atoms with E-state index in [1.54, 1.807) is 18.2 Å². The van der Waals surface area contributed by atoms with Crippen molar-refractivity contribution in [1.82, 2.24) is 0 Å². The first-order valence-corrected chi connectivity index (χ1v) is 8.90. The van der Waals surface area contributed by atoms with Crippen LogP contribution in [0.4, 0.5) is 24.5 Å². The number of hydrogen-bond acceptors (Lipinski definition) is 4. The first-order chi connectivity index (χ1) is 13.9. The van der Waals surface area contributed by atoms with Gasteiger partial charge in [0, 0.05) is 24.5 Å². The van der Waals surface area contributed by atoms with Gasteiger partial charge in [-0.05, 0) is 42.0 Å². The van der Waals surface area contributed by atoms with E-state index in [4.69, 9.17) is 4.74 Å². The van der Waals surface area contributed by atoms with Gasteiger partial charge in [-0.15, -0.1) is 0 Å². The Bertz CT molecular complexity index is 941. The molecule has 150 valence electrons. The minimum Gasteiger partial charge on any atom is -0.378 e. The Morgan fingerprint density at radius 2 is 1.76 bits per heavy atom. The summed E-state index contributed by atoms with van der Waals surface area (Å²) in [6.07, 6.45) is -3.64. The number of carbonyl (C=O) groups is 1. The Morgan fingerprint density at radius 1 is 1.10 bits per heavy atom. The summed E-state index contributed by atoms with van der Waals surface area (Å²) in [5.74, 6) is -0.774. The summed E-state index contributed by atoms with van der Waals surface area (Å²) in [7, 11) is 0. The number of halogens is 3. The highest BCUT2D eigenvalue weighted by Crippen LogP contribution is 2.32. The van der Waals surface area contributed by atoms with E-state index in [0.29, 0.717) is 18.9 Å². The van der Waals surface area contributed by atoms with Crippen LogP contribution in [0.5, 0.6) is 0 Å². The fourth-order valence-corrected chi connectivity index (χ4v) is 2.96. The van der Waals surface area contributed by atoms with E-state index in [9.17, 15) is 23.2 Å². The van der Waals surface area contributed by atoms with E-state index in [0.717, 1.165) is 30.9 Å². The molecule has 1 aliphatic heterocycles. The van der Waals surface area contributed by atoms with Gasteiger partial charge in [0.15, 0.2) is 0 Å². The Labute approximate surface area is 166 Å². The van der Waals surface area contributed by atoms with E-state index in [1.165, 1.54) is 18.2 Å². The van der Waals surface area contributed by atoms with Crippen LogP contribution in [0.2, 0.25) is 0 Å². The zero-order valence-corrected chi connectivity index (χ0v) is 15.4. The average molecular weight is 401 g/mol. The van der Waals surface area contributed by atoms with Crippen molar-refractivity contribution in [3.05, 3.63) is 65.2 Å². The molecule has 29 heavy (non-hydrogen) atoms. The van der Waals surface area contributed by atoms with Crippen LogP contribution in [0.15, 0.2) is 54.1 Å². The van der Waals surface area contributed by atoms with Crippen molar-refractivity contribution < 1.29 is 22.7 Å². The largest absolute Gasteiger partial charge is 0.416 e. The lowest BCUT2D eigenvalue weighted by atomic mass is 10.0. The number of morpholine rings is 1. The summed E-state index contributed by atoms with van der Waals surface area (Å²) >= 11 is 0. The summed E-state index contributed by atoms with van der Waals surface area (Å²) in [6, 6.07) is 13.5. The molecule has 1 amide bonds. The zero-order valence-electron chi connectivity index (χ0n) is 15.4. The van der Waals surface area contributed by atoms with Crippen LogP contribution in [0.1, 0.15) is 11.1 Å². The van der Waals surface area contributed by atoms with Crippen LogP contribution < -0.4 is 10.2 Å². The van der Waals surface area contributed by atoms with Crippen LogP contribution in [-0.4, -0.2) is 32.2 Å². The van der Waals surface area contributed by atoms with Crippen LogP contribution in [0, 0.1) is 11.3 Å².